The second kappa shape index (κ2) is 12.6. The molecule has 0 saturated carbocycles. The highest BCUT2D eigenvalue weighted by Crippen LogP contribution is 2.54. The van der Waals surface area contributed by atoms with Gasteiger partial charge in [0.2, 0.25) is 0 Å². The maximum absolute atomic E-state index is 2.52. The Labute approximate surface area is 325 Å². The zero-order valence-corrected chi connectivity index (χ0v) is 31.8. The molecule has 2 aliphatic carbocycles. The summed E-state index contributed by atoms with van der Waals surface area (Å²) in [7, 11) is 0. The van der Waals surface area contributed by atoms with E-state index in [-0.39, 0.29) is 10.8 Å². The molecule has 55 heavy (non-hydrogen) atoms. The molecule has 8 aromatic rings. The van der Waals surface area contributed by atoms with Crippen molar-refractivity contribution in [3.63, 3.8) is 0 Å². The van der Waals surface area contributed by atoms with Crippen molar-refractivity contribution in [1.29, 1.82) is 0 Å². The highest BCUT2D eigenvalue weighted by molar-refractivity contribution is 5.98. The van der Waals surface area contributed by atoms with E-state index in [9.17, 15) is 0 Å². The van der Waals surface area contributed by atoms with Crippen LogP contribution in [0.25, 0.3) is 55.6 Å². The second-order valence-corrected chi connectivity index (χ2v) is 16.1. The van der Waals surface area contributed by atoms with Gasteiger partial charge in [-0.2, -0.15) is 0 Å². The van der Waals surface area contributed by atoms with E-state index in [4.69, 9.17) is 0 Å². The summed E-state index contributed by atoms with van der Waals surface area (Å²) < 4.78 is 0. The van der Waals surface area contributed by atoms with Gasteiger partial charge in [-0.05, 0) is 109 Å². The Morgan fingerprint density at radius 2 is 0.745 bits per heavy atom. The van der Waals surface area contributed by atoms with Crippen LogP contribution in [0.3, 0.4) is 0 Å². The van der Waals surface area contributed by atoms with Crippen LogP contribution in [0.2, 0.25) is 0 Å². The summed E-state index contributed by atoms with van der Waals surface area (Å²) in [6, 6.07) is 69.6. The second-order valence-electron chi connectivity index (χ2n) is 16.1. The molecule has 0 fully saturated rings. The average Bonchev–Trinajstić information content (AvgIpc) is 3.60. The minimum absolute atomic E-state index is 0.131. The molecule has 0 aliphatic heterocycles. The van der Waals surface area contributed by atoms with Crippen molar-refractivity contribution in [3.8, 4) is 55.6 Å². The van der Waals surface area contributed by atoms with Crippen LogP contribution in [0, 0.1) is 0 Å². The van der Waals surface area contributed by atoms with E-state index in [1.54, 1.807) is 0 Å². The molecule has 0 amide bonds. The van der Waals surface area contributed by atoms with Gasteiger partial charge in [0.15, 0.2) is 0 Å². The van der Waals surface area contributed by atoms with E-state index in [1.165, 1.54) is 77.9 Å². The van der Waals surface area contributed by atoms with E-state index >= 15 is 0 Å². The molecule has 10 rings (SSSR count). The largest absolute Gasteiger partial charge is 0.310 e. The fourth-order valence-electron chi connectivity index (χ4n) is 9.46. The van der Waals surface area contributed by atoms with E-state index in [0.29, 0.717) is 0 Å². The predicted octanol–water partition coefficient (Wildman–Crippen LogP) is 14.8. The lowest BCUT2D eigenvalue weighted by molar-refractivity contribution is 0.660. The molecule has 264 valence electrons. The molecular weight excluding hydrogens is 663 g/mol. The zero-order chi connectivity index (χ0) is 37.3. The first-order valence-corrected chi connectivity index (χ1v) is 19.4. The van der Waals surface area contributed by atoms with Gasteiger partial charge in [-0.25, -0.2) is 0 Å². The minimum Gasteiger partial charge on any atom is -0.310 e. The number of nitrogens with zero attached hydrogens (tertiary/aromatic N) is 1. The van der Waals surface area contributed by atoms with E-state index < -0.39 is 0 Å². The van der Waals surface area contributed by atoms with Crippen molar-refractivity contribution >= 4 is 17.1 Å². The summed E-state index contributed by atoms with van der Waals surface area (Å²) in [5.41, 5.74) is 21.2. The van der Waals surface area contributed by atoms with Crippen LogP contribution in [-0.2, 0) is 10.8 Å². The molecule has 0 spiro atoms. The predicted molar refractivity (Wildman–Crippen MR) is 233 cm³/mol. The first-order valence-electron chi connectivity index (χ1n) is 19.4. The van der Waals surface area contributed by atoms with Crippen LogP contribution in [0.4, 0.5) is 17.1 Å². The molecule has 0 bridgehead atoms. The first-order chi connectivity index (χ1) is 26.8. The summed E-state index contributed by atoms with van der Waals surface area (Å²) >= 11 is 0. The van der Waals surface area contributed by atoms with Crippen LogP contribution in [-0.4, -0.2) is 0 Å². The van der Waals surface area contributed by atoms with Crippen molar-refractivity contribution in [1.82, 2.24) is 0 Å². The molecule has 1 nitrogen and oxygen atoms in total. The number of fused-ring (bicyclic) bond motifs is 6. The Morgan fingerprint density at radius 3 is 1.33 bits per heavy atom. The van der Waals surface area contributed by atoms with Gasteiger partial charge in [0, 0.05) is 27.8 Å². The molecular formula is C54H43N. The fourth-order valence-corrected chi connectivity index (χ4v) is 9.46. The van der Waals surface area contributed by atoms with Gasteiger partial charge >= 0.3 is 0 Å². The number of benzene rings is 8. The third kappa shape index (κ3) is 5.22. The molecule has 0 atom stereocenters. The highest BCUT2D eigenvalue weighted by Gasteiger charge is 2.38. The van der Waals surface area contributed by atoms with Gasteiger partial charge in [-0.1, -0.05) is 179 Å². The summed E-state index contributed by atoms with van der Waals surface area (Å²) in [6.45, 7) is 9.49. The molecule has 8 aromatic carbocycles. The SMILES string of the molecule is CC1(C)c2ccccc2-c2ccc(N(c3ccc4c(c3)C(C)(C)c3ccccc3-4)c3cccc(-c4ccccc4)c3-c3cccc(-c4ccccc4)c3)cc21. The smallest absolute Gasteiger partial charge is 0.0546 e. The Bertz CT molecular complexity index is 2650. The lowest BCUT2D eigenvalue weighted by Crippen LogP contribution is -2.18. The van der Waals surface area contributed by atoms with Crippen molar-refractivity contribution in [2.24, 2.45) is 0 Å². The molecule has 0 N–H and O–H groups in total. The number of hydrogen-bond acceptors (Lipinski definition) is 1. The molecule has 2 aliphatic rings. The lowest BCUT2D eigenvalue weighted by atomic mass is 9.82. The summed E-state index contributed by atoms with van der Waals surface area (Å²) in [4.78, 5) is 2.52. The number of rotatable bonds is 6. The minimum atomic E-state index is -0.131. The molecule has 0 heterocycles. The van der Waals surface area contributed by atoms with Gasteiger partial charge < -0.3 is 4.90 Å². The van der Waals surface area contributed by atoms with Gasteiger partial charge in [0.1, 0.15) is 0 Å². The summed E-state index contributed by atoms with van der Waals surface area (Å²) in [5, 5.41) is 0. The Kier molecular flexibility index (Phi) is 7.58. The van der Waals surface area contributed by atoms with Gasteiger partial charge in [0.05, 0.1) is 5.69 Å². The van der Waals surface area contributed by atoms with Crippen LogP contribution >= 0.6 is 0 Å². The monoisotopic (exact) mass is 705 g/mol. The standard InChI is InChI=1S/C54H43N/c1-53(2)47-26-13-11-23-43(47)45-31-29-40(34-49(45)53)55(41-30-32-46-44-24-12-14-27-48(44)54(3,4)50(46)35-41)51-28-16-25-42(37-19-9-6-10-20-37)52(51)39-22-15-21-38(33-39)36-17-7-5-8-18-36/h5-35H,1-4H3. The van der Waals surface area contributed by atoms with E-state index in [2.05, 4.69) is 221 Å². The third-order valence-electron chi connectivity index (χ3n) is 12.3. The van der Waals surface area contributed by atoms with Crippen molar-refractivity contribution in [2.45, 2.75) is 38.5 Å². The average molecular weight is 706 g/mol. The van der Waals surface area contributed by atoms with Gasteiger partial charge in [-0.3, -0.25) is 0 Å². The lowest BCUT2D eigenvalue weighted by Gasteiger charge is -2.32. The Balaban J connectivity index is 1.25. The third-order valence-corrected chi connectivity index (χ3v) is 12.3. The fraction of sp³-hybridized carbons (Fsp3) is 0.111. The maximum Gasteiger partial charge on any atom is 0.0546 e. The van der Waals surface area contributed by atoms with Gasteiger partial charge in [0.25, 0.3) is 0 Å². The number of anilines is 3. The van der Waals surface area contributed by atoms with Crippen LogP contribution in [0.5, 0.6) is 0 Å². The van der Waals surface area contributed by atoms with E-state index in [0.717, 1.165) is 17.1 Å². The Morgan fingerprint density at radius 1 is 0.309 bits per heavy atom. The van der Waals surface area contributed by atoms with Crippen LogP contribution < -0.4 is 4.90 Å². The maximum atomic E-state index is 2.52. The van der Waals surface area contributed by atoms with Crippen molar-refractivity contribution in [3.05, 3.63) is 210 Å². The molecule has 0 unspecified atom stereocenters. The normalized spacial score (nSPS) is 14.1. The first kappa shape index (κ1) is 33.2. The van der Waals surface area contributed by atoms with E-state index in [1.807, 2.05) is 0 Å². The summed E-state index contributed by atoms with van der Waals surface area (Å²) in [6.07, 6.45) is 0. The quantitative estimate of drug-likeness (QED) is 0.166. The van der Waals surface area contributed by atoms with Crippen molar-refractivity contribution < 1.29 is 0 Å². The van der Waals surface area contributed by atoms with Crippen LogP contribution in [0.1, 0.15) is 49.9 Å². The molecule has 0 saturated heterocycles. The molecule has 0 radical (unpaired) electrons. The van der Waals surface area contributed by atoms with Crippen molar-refractivity contribution in [2.75, 3.05) is 4.90 Å². The Hall–Kier alpha value is -6.44. The zero-order valence-electron chi connectivity index (χ0n) is 31.8. The van der Waals surface area contributed by atoms with Crippen LogP contribution in [0.15, 0.2) is 188 Å². The topological polar surface area (TPSA) is 3.24 Å². The van der Waals surface area contributed by atoms with Gasteiger partial charge in [-0.15, -0.1) is 0 Å². The molecule has 0 aromatic heterocycles. The number of hydrogen-bond donors (Lipinski definition) is 0. The highest BCUT2D eigenvalue weighted by atomic mass is 15.1. The summed E-state index contributed by atoms with van der Waals surface area (Å²) in [5.74, 6) is 0. The molecule has 1 heteroatoms.